The molecule has 1 N–H and O–H groups in total. The van der Waals surface area contributed by atoms with E-state index in [1.165, 1.54) is 32.4 Å². The Labute approximate surface area is 188 Å². The highest BCUT2D eigenvalue weighted by Crippen LogP contribution is 2.25. The Morgan fingerprint density at radius 3 is 2.06 bits per heavy atom. The summed E-state index contributed by atoms with van der Waals surface area (Å²) < 4.78 is 37.8. The summed E-state index contributed by atoms with van der Waals surface area (Å²) in [5.41, 5.74) is 0.846. The second kappa shape index (κ2) is 10.6. The topological polar surface area (TPSA) is 105 Å². The summed E-state index contributed by atoms with van der Waals surface area (Å²) in [5.74, 6) is -0.227. The Balaban J connectivity index is 1.71. The molecule has 172 valence electrons. The van der Waals surface area contributed by atoms with Crippen LogP contribution in [0.25, 0.3) is 0 Å². The van der Waals surface area contributed by atoms with Crippen LogP contribution in [-0.2, 0) is 14.8 Å². The summed E-state index contributed by atoms with van der Waals surface area (Å²) in [6.07, 6.45) is 0. The van der Waals surface area contributed by atoms with Crippen LogP contribution in [0.1, 0.15) is 20.7 Å². The minimum Gasteiger partial charge on any atom is -0.495 e. The van der Waals surface area contributed by atoms with Crippen molar-refractivity contribution in [3.8, 4) is 5.75 Å². The lowest BCUT2D eigenvalue weighted by molar-refractivity contribution is 0.0535. The van der Waals surface area contributed by atoms with Gasteiger partial charge in [-0.2, -0.15) is 0 Å². The van der Waals surface area contributed by atoms with Crippen LogP contribution in [-0.4, -0.2) is 83.6 Å². The number of carbonyl (C=O) groups excluding carboxylic acids is 2. The largest absolute Gasteiger partial charge is 0.495 e. The number of piperazine rings is 1. The van der Waals surface area contributed by atoms with Crippen molar-refractivity contribution in [3.05, 3.63) is 59.7 Å². The number of methoxy groups -OCH3 is 2. The number of benzene rings is 2. The molecule has 10 heteroatoms. The van der Waals surface area contributed by atoms with E-state index in [9.17, 15) is 18.0 Å². The fourth-order valence-corrected chi connectivity index (χ4v) is 4.64. The number of carbonyl (C=O) groups is 2. The quantitative estimate of drug-likeness (QED) is 0.593. The Bertz CT molecular complexity index is 1050. The standard InChI is InChI=1S/C22H27N3O6S/c1-30-15-10-23-32(28,29)20-16-18(8-9-19(20)31-2)22(27)25-13-11-24(12-14-25)21(26)17-6-4-3-5-7-17/h3-9,16,23H,10-15H2,1-2H3. The summed E-state index contributed by atoms with van der Waals surface area (Å²) in [7, 11) is -1.05. The van der Waals surface area contributed by atoms with Crippen molar-refractivity contribution < 1.29 is 27.5 Å². The number of rotatable bonds is 8. The molecule has 1 saturated heterocycles. The molecular formula is C22H27N3O6S. The van der Waals surface area contributed by atoms with E-state index in [-0.39, 0.29) is 41.2 Å². The minimum absolute atomic E-state index is 0.0716. The smallest absolute Gasteiger partial charge is 0.254 e. The van der Waals surface area contributed by atoms with Crippen LogP contribution in [0.5, 0.6) is 5.75 Å². The highest BCUT2D eigenvalue weighted by atomic mass is 32.2. The van der Waals surface area contributed by atoms with Gasteiger partial charge < -0.3 is 19.3 Å². The molecule has 1 heterocycles. The normalized spacial score (nSPS) is 14.3. The van der Waals surface area contributed by atoms with E-state index >= 15 is 0 Å². The van der Waals surface area contributed by atoms with Gasteiger partial charge in [-0.15, -0.1) is 0 Å². The Morgan fingerprint density at radius 1 is 0.906 bits per heavy atom. The van der Waals surface area contributed by atoms with Gasteiger partial charge in [0.15, 0.2) is 0 Å². The lowest BCUT2D eigenvalue weighted by Crippen LogP contribution is -2.50. The van der Waals surface area contributed by atoms with Crippen molar-refractivity contribution >= 4 is 21.8 Å². The molecule has 1 fully saturated rings. The third kappa shape index (κ3) is 5.45. The lowest BCUT2D eigenvalue weighted by Gasteiger charge is -2.35. The number of sulfonamides is 1. The molecule has 0 atom stereocenters. The molecule has 0 saturated carbocycles. The Kier molecular flexibility index (Phi) is 7.84. The van der Waals surface area contributed by atoms with Crippen LogP contribution in [0.2, 0.25) is 0 Å². The molecule has 9 nitrogen and oxygen atoms in total. The fourth-order valence-electron chi connectivity index (χ4n) is 3.43. The zero-order chi connectivity index (χ0) is 23.1. The first-order chi connectivity index (χ1) is 15.4. The van der Waals surface area contributed by atoms with Crippen molar-refractivity contribution in [2.24, 2.45) is 0 Å². The Morgan fingerprint density at radius 2 is 1.50 bits per heavy atom. The van der Waals surface area contributed by atoms with E-state index in [0.29, 0.717) is 31.7 Å². The first-order valence-electron chi connectivity index (χ1n) is 10.2. The van der Waals surface area contributed by atoms with Crippen LogP contribution in [0.3, 0.4) is 0 Å². The van der Waals surface area contributed by atoms with Gasteiger partial charge in [0.25, 0.3) is 11.8 Å². The van der Waals surface area contributed by atoms with Crippen molar-refractivity contribution in [2.45, 2.75) is 4.90 Å². The van der Waals surface area contributed by atoms with Crippen molar-refractivity contribution in [1.29, 1.82) is 0 Å². The van der Waals surface area contributed by atoms with Crippen molar-refractivity contribution in [1.82, 2.24) is 14.5 Å². The lowest BCUT2D eigenvalue weighted by atomic mass is 10.1. The van der Waals surface area contributed by atoms with Gasteiger partial charge in [0.1, 0.15) is 10.6 Å². The van der Waals surface area contributed by atoms with Gasteiger partial charge in [-0.25, -0.2) is 13.1 Å². The summed E-state index contributed by atoms with van der Waals surface area (Å²) in [6.45, 7) is 1.83. The predicted molar refractivity (Wildman–Crippen MR) is 118 cm³/mol. The predicted octanol–water partition coefficient (Wildman–Crippen LogP) is 1.22. The highest BCUT2D eigenvalue weighted by Gasteiger charge is 2.27. The summed E-state index contributed by atoms with van der Waals surface area (Å²) in [4.78, 5) is 28.9. The van der Waals surface area contributed by atoms with Gasteiger partial charge in [-0.3, -0.25) is 9.59 Å². The third-order valence-electron chi connectivity index (χ3n) is 5.17. The molecule has 0 bridgehead atoms. The van der Waals surface area contributed by atoms with Crippen LogP contribution >= 0.6 is 0 Å². The van der Waals surface area contributed by atoms with Crippen LogP contribution < -0.4 is 9.46 Å². The molecule has 2 amide bonds. The zero-order valence-electron chi connectivity index (χ0n) is 18.1. The van der Waals surface area contributed by atoms with E-state index < -0.39 is 10.0 Å². The number of ether oxygens (including phenoxy) is 2. The molecule has 2 aromatic rings. The monoisotopic (exact) mass is 461 g/mol. The maximum atomic E-state index is 13.0. The zero-order valence-corrected chi connectivity index (χ0v) is 18.9. The summed E-state index contributed by atoms with van der Waals surface area (Å²) in [6, 6.07) is 13.3. The van der Waals surface area contributed by atoms with Gasteiger partial charge in [0, 0.05) is 51.0 Å². The molecule has 0 aromatic heterocycles. The van der Waals surface area contributed by atoms with E-state index in [2.05, 4.69) is 4.72 Å². The average Bonchev–Trinajstić information content (AvgIpc) is 2.83. The number of hydrogen-bond acceptors (Lipinski definition) is 6. The number of nitrogens with zero attached hydrogens (tertiary/aromatic N) is 2. The van der Waals surface area contributed by atoms with E-state index in [1.807, 2.05) is 18.2 Å². The van der Waals surface area contributed by atoms with Gasteiger partial charge in [-0.05, 0) is 30.3 Å². The molecule has 1 aliphatic rings. The molecule has 3 rings (SSSR count). The second-order valence-electron chi connectivity index (χ2n) is 7.21. The first kappa shape index (κ1) is 23.7. The van der Waals surface area contributed by atoms with Gasteiger partial charge in [0.05, 0.1) is 13.7 Å². The number of hydrogen-bond donors (Lipinski definition) is 1. The molecule has 32 heavy (non-hydrogen) atoms. The third-order valence-corrected chi connectivity index (χ3v) is 6.66. The molecule has 0 aliphatic carbocycles. The van der Waals surface area contributed by atoms with E-state index in [1.54, 1.807) is 21.9 Å². The summed E-state index contributed by atoms with van der Waals surface area (Å²) in [5, 5.41) is 0. The average molecular weight is 462 g/mol. The number of nitrogens with one attached hydrogen (secondary N) is 1. The molecule has 0 unspecified atom stereocenters. The van der Waals surface area contributed by atoms with E-state index in [4.69, 9.17) is 9.47 Å². The van der Waals surface area contributed by atoms with Gasteiger partial charge in [-0.1, -0.05) is 18.2 Å². The molecule has 0 radical (unpaired) electrons. The molecule has 0 spiro atoms. The summed E-state index contributed by atoms with van der Waals surface area (Å²) >= 11 is 0. The van der Waals surface area contributed by atoms with E-state index in [0.717, 1.165) is 0 Å². The Hall–Kier alpha value is -2.95. The number of amides is 2. The fraction of sp³-hybridized carbons (Fsp3) is 0.364. The SMILES string of the molecule is COCCNS(=O)(=O)c1cc(C(=O)N2CCN(C(=O)c3ccccc3)CC2)ccc1OC. The van der Waals surface area contributed by atoms with Gasteiger partial charge >= 0.3 is 0 Å². The van der Waals surface area contributed by atoms with Gasteiger partial charge in [0.2, 0.25) is 10.0 Å². The first-order valence-corrected chi connectivity index (χ1v) is 11.7. The maximum Gasteiger partial charge on any atom is 0.254 e. The van der Waals surface area contributed by atoms with Crippen molar-refractivity contribution in [2.75, 3.05) is 53.6 Å². The minimum atomic E-state index is -3.89. The molecule has 2 aromatic carbocycles. The maximum absolute atomic E-state index is 13.0. The molecular weight excluding hydrogens is 434 g/mol. The second-order valence-corrected chi connectivity index (χ2v) is 8.94. The molecule has 1 aliphatic heterocycles. The van der Waals surface area contributed by atoms with Crippen LogP contribution in [0, 0.1) is 0 Å². The van der Waals surface area contributed by atoms with Crippen LogP contribution in [0.15, 0.2) is 53.4 Å². The van der Waals surface area contributed by atoms with Crippen molar-refractivity contribution in [3.63, 3.8) is 0 Å². The van der Waals surface area contributed by atoms with Crippen LogP contribution in [0.4, 0.5) is 0 Å². The highest BCUT2D eigenvalue weighted by molar-refractivity contribution is 7.89.